The molecule has 10 heteroatoms. The van der Waals surface area contributed by atoms with Crippen molar-refractivity contribution in [3.63, 3.8) is 0 Å². The van der Waals surface area contributed by atoms with Gasteiger partial charge in [0.1, 0.15) is 11.2 Å². The van der Waals surface area contributed by atoms with Crippen LogP contribution in [-0.2, 0) is 11.3 Å². The van der Waals surface area contributed by atoms with Gasteiger partial charge in [0.25, 0.3) is 0 Å². The van der Waals surface area contributed by atoms with E-state index in [2.05, 4.69) is 27.3 Å². The second-order valence-electron chi connectivity index (χ2n) is 8.55. The van der Waals surface area contributed by atoms with Crippen LogP contribution in [0.25, 0.3) is 0 Å². The van der Waals surface area contributed by atoms with E-state index in [0.29, 0.717) is 30.5 Å². The van der Waals surface area contributed by atoms with Crippen molar-refractivity contribution in [1.82, 2.24) is 15.2 Å². The first-order valence-corrected chi connectivity index (χ1v) is 11.5. The first-order valence-electron chi connectivity index (χ1n) is 11.5. The zero-order valence-electron chi connectivity index (χ0n) is 19.5. The van der Waals surface area contributed by atoms with Crippen molar-refractivity contribution in [2.75, 3.05) is 45.3 Å². The number of aliphatic carboxylic acids is 1. The Balaban J connectivity index is 0.000000167. The molecular formula is C25H31N5O5. The number of nitrogens with zero attached hydrogens (tertiary/aromatic N) is 2. The van der Waals surface area contributed by atoms with Crippen LogP contribution in [0.15, 0.2) is 60.5 Å². The summed E-state index contributed by atoms with van der Waals surface area (Å²) in [6.07, 6.45) is 6.63. The van der Waals surface area contributed by atoms with Gasteiger partial charge >= 0.3 is 5.97 Å². The second-order valence-corrected chi connectivity index (χ2v) is 8.55. The monoisotopic (exact) mass is 481 g/mol. The standard InChI is InChI=1S/C13H15N3O3.C12H16N2O2/c14-8-13(12(17)18)5-3-10(4-6-13)19-11-2-1-9(15)7-16-11;1-2-11-12(16-9-15-11)7-10(1)8-14-5-3-13-4-6-14/h1-5,7H,6,8,14-15H2,(H,17,18);1-2,7,13H,3-6,8-9H2. The van der Waals surface area contributed by atoms with Gasteiger partial charge in [0, 0.05) is 45.3 Å². The van der Waals surface area contributed by atoms with Crippen molar-refractivity contribution in [1.29, 1.82) is 0 Å². The molecule has 5 rings (SSSR count). The molecule has 1 fully saturated rings. The van der Waals surface area contributed by atoms with Crippen molar-refractivity contribution in [3.8, 4) is 17.4 Å². The average molecular weight is 482 g/mol. The van der Waals surface area contributed by atoms with E-state index in [4.69, 9.17) is 30.8 Å². The maximum Gasteiger partial charge on any atom is 0.315 e. The van der Waals surface area contributed by atoms with E-state index >= 15 is 0 Å². The lowest BCUT2D eigenvalue weighted by atomic mass is 9.81. The van der Waals surface area contributed by atoms with Crippen LogP contribution in [0.1, 0.15) is 12.0 Å². The molecule has 10 nitrogen and oxygen atoms in total. The molecule has 1 aromatic carbocycles. The maximum atomic E-state index is 11.2. The number of benzene rings is 1. The number of carboxylic acids is 1. The van der Waals surface area contributed by atoms with Crippen LogP contribution in [0, 0.1) is 5.41 Å². The molecule has 1 unspecified atom stereocenters. The van der Waals surface area contributed by atoms with Crippen LogP contribution in [-0.4, -0.2) is 60.5 Å². The minimum absolute atomic E-state index is 0.0444. The summed E-state index contributed by atoms with van der Waals surface area (Å²) >= 11 is 0. The smallest absolute Gasteiger partial charge is 0.315 e. The Hall–Kier alpha value is -3.60. The summed E-state index contributed by atoms with van der Waals surface area (Å²) in [6.45, 7) is 5.81. The van der Waals surface area contributed by atoms with Gasteiger partial charge in [-0.15, -0.1) is 0 Å². The van der Waals surface area contributed by atoms with E-state index in [9.17, 15) is 4.79 Å². The number of piperazine rings is 1. The molecule has 3 heterocycles. The summed E-state index contributed by atoms with van der Waals surface area (Å²) in [6, 6.07) is 9.53. The summed E-state index contributed by atoms with van der Waals surface area (Å²) in [7, 11) is 0. The number of ether oxygens (including phenoxy) is 3. The van der Waals surface area contributed by atoms with Crippen LogP contribution in [0.5, 0.6) is 17.4 Å². The lowest BCUT2D eigenvalue weighted by Gasteiger charge is -2.27. The predicted molar refractivity (Wildman–Crippen MR) is 131 cm³/mol. The molecule has 2 aliphatic heterocycles. The molecule has 6 N–H and O–H groups in total. The van der Waals surface area contributed by atoms with Crippen LogP contribution < -0.4 is 31.0 Å². The molecule has 186 valence electrons. The Morgan fingerprint density at radius 1 is 1.20 bits per heavy atom. The number of aromatic nitrogens is 1. The molecule has 0 amide bonds. The number of allylic oxidation sites excluding steroid dienone is 2. The first-order chi connectivity index (χ1) is 17.0. The zero-order chi connectivity index (χ0) is 24.7. The fraction of sp³-hybridized carbons (Fsp3) is 0.360. The third-order valence-electron chi connectivity index (χ3n) is 6.06. The van der Waals surface area contributed by atoms with Gasteiger partial charge in [-0.3, -0.25) is 9.69 Å². The number of anilines is 1. The molecule has 0 bridgehead atoms. The van der Waals surface area contributed by atoms with Gasteiger partial charge in [-0.2, -0.15) is 0 Å². The fourth-order valence-electron chi connectivity index (χ4n) is 3.87. The van der Waals surface area contributed by atoms with E-state index < -0.39 is 11.4 Å². The number of nitrogen functional groups attached to an aromatic ring is 1. The highest BCUT2D eigenvalue weighted by Crippen LogP contribution is 2.33. The second kappa shape index (κ2) is 11.2. The molecule has 1 aromatic heterocycles. The molecule has 2 aromatic rings. The quantitative estimate of drug-likeness (QED) is 0.481. The third kappa shape index (κ3) is 6.30. The number of hydrogen-bond donors (Lipinski definition) is 4. The van der Waals surface area contributed by atoms with Gasteiger partial charge in [0.05, 0.1) is 11.9 Å². The lowest BCUT2D eigenvalue weighted by molar-refractivity contribution is -0.145. The molecule has 1 atom stereocenters. The Morgan fingerprint density at radius 2 is 2.00 bits per heavy atom. The van der Waals surface area contributed by atoms with Gasteiger partial charge in [-0.1, -0.05) is 12.1 Å². The largest absolute Gasteiger partial charge is 0.481 e. The topological polar surface area (TPSA) is 145 Å². The Bertz CT molecular complexity index is 1080. The van der Waals surface area contributed by atoms with Gasteiger partial charge < -0.3 is 36.1 Å². The van der Waals surface area contributed by atoms with E-state index in [1.54, 1.807) is 30.4 Å². The molecule has 1 aliphatic carbocycles. The molecule has 0 saturated carbocycles. The Kier molecular flexibility index (Phi) is 7.86. The summed E-state index contributed by atoms with van der Waals surface area (Å²) in [5, 5.41) is 12.5. The minimum atomic E-state index is -1.04. The van der Waals surface area contributed by atoms with Crippen LogP contribution in [0.4, 0.5) is 5.69 Å². The summed E-state index contributed by atoms with van der Waals surface area (Å²) in [4.78, 5) is 17.6. The highest BCUT2D eigenvalue weighted by Gasteiger charge is 2.35. The highest BCUT2D eigenvalue weighted by atomic mass is 16.7. The predicted octanol–water partition coefficient (Wildman–Crippen LogP) is 1.74. The summed E-state index contributed by atoms with van der Waals surface area (Å²) in [5.74, 6) is 1.76. The third-order valence-corrected chi connectivity index (χ3v) is 6.06. The van der Waals surface area contributed by atoms with E-state index in [1.165, 1.54) is 11.8 Å². The Morgan fingerprint density at radius 3 is 2.66 bits per heavy atom. The number of carbonyl (C=O) groups is 1. The van der Waals surface area contributed by atoms with E-state index in [1.807, 2.05) is 6.07 Å². The average Bonchev–Trinajstić information content (AvgIpc) is 3.35. The molecular weight excluding hydrogens is 450 g/mol. The summed E-state index contributed by atoms with van der Waals surface area (Å²) < 4.78 is 16.2. The van der Waals surface area contributed by atoms with Crippen molar-refractivity contribution < 1.29 is 24.1 Å². The SMILES string of the molecule is NCC1(C(=O)O)C=CC(Oc2ccc(N)cn2)=CC1.c1cc2c(cc1CN1CCNCC1)OCO2. The van der Waals surface area contributed by atoms with Crippen molar-refractivity contribution in [2.24, 2.45) is 11.1 Å². The van der Waals surface area contributed by atoms with Crippen LogP contribution in [0.2, 0.25) is 0 Å². The number of nitrogens with one attached hydrogen (secondary N) is 1. The maximum absolute atomic E-state index is 11.2. The molecule has 3 aliphatic rings. The minimum Gasteiger partial charge on any atom is -0.481 e. The fourth-order valence-corrected chi connectivity index (χ4v) is 3.87. The highest BCUT2D eigenvalue weighted by molar-refractivity contribution is 5.78. The van der Waals surface area contributed by atoms with E-state index in [-0.39, 0.29) is 6.54 Å². The number of nitrogens with two attached hydrogens (primary N) is 2. The van der Waals surface area contributed by atoms with Crippen LogP contribution >= 0.6 is 0 Å². The number of rotatable bonds is 6. The zero-order valence-corrected chi connectivity index (χ0v) is 19.5. The van der Waals surface area contributed by atoms with Crippen molar-refractivity contribution >= 4 is 11.7 Å². The number of carboxylic acid groups (broad SMARTS) is 1. The summed E-state index contributed by atoms with van der Waals surface area (Å²) in [5.41, 5.74) is 11.9. The van der Waals surface area contributed by atoms with Gasteiger partial charge in [-0.25, -0.2) is 4.98 Å². The first kappa shape index (κ1) is 24.5. The molecule has 0 spiro atoms. The van der Waals surface area contributed by atoms with Gasteiger partial charge in [-0.05, 0) is 42.3 Å². The number of pyridine rings is 1. The van der Waals surface area contributed by atoms with Gasteiger partial charge in [0.15, 0.2) is 11.5 Å². The molecule has 35 heavy (non-hydrogen) atoms. The van der Waals surface area contributed by atoms with E-state index in [0.717, 1.165) is 44.2 Å². The van der Waals surface area contributed by atoms with Crippen molar-refractivity contribution in [3.05, 3.63) is 66.1 Å². The molecule has 1 saturated heterocycles. The normalized spacial score (nSPS) is 21.0. The lowest BCUT2D eigenvalue weighted by Crippen LogP contribution is -2.42. The van der Waals surface area contributed by atoms with Crippen molar-refractivity contribution in [2.45, 2.75) is 13.0 Å². The van der Waals surface area contributed by atoms with Gasteiger partial charge in [0.2, 0.25) is 12.7 Å². The number of fused-ring (bicyclic) bond motifs is 1. The Labute approximate surface area is 204 Å². The molecule has 0 radical (unpaired) electrons. The van der Waals surface area contributed by atoms with Crippen LogP contribution in [0.3, 0.4) is 0 Å². The number of hydrogen-bond acceptors (Lipinski definition) is 9.